The van der Waals surface area contributed by atoms with Crippen LogP contribution in [0.1, 0.15) is 18.4 Å². The number of amides is 1. The molecule has 0 aliphatic heterocycles. The summed E-state index contributed by atoms with van der Waals surface area (Å²) in [4.78, 5) is 14.9. The van der Waals surface area contributed by atoms with Crippen LogP contribution < -0.4 is 4.90 Å². The first-order chi connectivity index (χ1) is 14.1. The van der Waals surface area contributed by atoms with Gasteiger partial charge >= 0.3 is 0 Å². The molecule has 0 spiro atoms. The van der Waals surface area contributed by atoms with E-state index in [1.54, 1.807) is 29.2 Å². The lowest BCUT2D eigenvalue weighted by Crippen LogP contribution is -2.34. The van der Waals surface area contributed by atoms with E-state index in [2.05, 4.69) is 0 Å². The molecule has 3 aromatic carbocycles. The third-order valence-corrected chi connectivity index (χ3v) is 5.10. The summed E-state index contributed by atoms with van der Waals surface area (Å²) >= 11 is 5.92. The van der Waals surface area contributed by atoms with Crippen LogP contribution in [0.5, 0.6) is 5.75 Å². The average Bonchev–Trinajstić information content (AvgIpc) is 2.75. The molecule has 0 aliphatic carbocycles. The molecule has 150 valence electrons. The number of aromatic hydroxyl groups is 1. The third-order valence-electron chi connectivity index (χ3n) is 4.84. The van der Waals surface area contributed by atoms with Crippen molar-refractivity contribution in [2.45, 2.75) is 19.3 Å². The van der Waals surface area contributed by atoms with Gasteiger partial charge in [0.05, 0.1) is 12.5 Å². The molecule has 0 aliphatic rings. The SMILES string of the molecule is O=C(C(CO)CCCc1ccc(Cl)cc1)N(c1ccccc1)c1ccc(O)cc1. The van der Waals surface area contributed by atoms with E-state index in [0.717, 1.165) is 24.1 Å². The summed E-state index contributed by atoms with van der Waals surface area (Å²) in [5.41, 5.74) is 2.52. The van der Waals surface area contributed by atoms with Gasteiger partial charge in [-0.3, -0.25) is 9.69 Å². The van der Waals surface area contributed by atoms with Crippen molar-refractivity contribution in [3.8, 4) is 5.75 Å². The van der Waals surface area contributed by atoms with Crippen LogP contribution in [-0.2, 0) is 11.2 Å². The Morgan fingerprint density at radius 2 is 1.52 bits per heavy atom. The highest BCUT2D eigenvalue weighted by atomic mass is 35.5. The van der Waals surface area contributed by atoms with E-state index in [-0.39, 0.29) is 18.3 Å². The zero-order valence-corrected chi connectivity index (χ0v) is 16.8. The number of carbonyl (C=O) groups excluding carboxylic acids is 1. The van der Waals surface area contributed by atoms with Gasteiger partial charge < -0.3 is 10.2 Å². The van der Waals surface area contributed by atoms with Crippen molar-refractivity contribution in [1.82, 2.24) is 0 Å². The number of phenolic OH excluding ortho intramolecular Hbond substituents is 1. The lowest BCUT2D eigenvalue weighted by Gasteiger charge is -2.27. The minimum Gasteiger partial charge on any atom is -0.508 e. The molecule has 5 heteroatoms. The lowest BCUT2D eigenvalue weighted by atomic mass is 9.98. The second-order valence-electron chi connectivity index (χ2n) is 6.92. The van der Waals surface area contributed by atoms with Gasteiger partial charge in [0.2, 0.25) is 5.91 Å². The van der Waals surface area contributed by atoms with E-state index >= 15 is 0 Å². The van der Waals surface area contributed by atoms with Crippen LogP contribution in [0.2, 0.25) is 5.02 Å². The number of phenols is 1. The number of rotatable bonds is 8. The largest absolute Gasteiger partial charge is 0.508 e. The van der Waals surface area contributed by atoms with Gasteiger partial charge in [-0.15, -0.1) is 0 Å². The molecule has 0 saturated heterocycles. The fourth-order valence-corrected chi connectivity index (χ4v) is 3.39. The summed E-state index contributed by atoms with van der Waals surface area (Å²) < 4.78 is 0. The summed E-state index contributed by atoms with van der Waals surface area (Å²) in [6.07, 6.45) is 2.15. The van der Waals surface area contributed by atoms with Crippen molar-refractivity contribution < 1.29 is 15.0 Å². The van der Waals surface area contributed by atoms with E-state index in [0.29, 0.717) is 17.1 Å². The van der Waals surface area contributed by atoms with Gasteiger partial charge in [0.1, 0.15) is 5.75 Å². The second-order valence-corrected chi connectivity index (χ2v) is 7.36. The maximum absolute atomic E-state index is 13.3. The van der Waals surface area contributed by atoms with E-state index < -0.39 is 5.92 Å². The number of hydrogen-bond donors (Lipinski definition) is 2. The molecule has 3 aromatic rings. The Balaban J connectivity index is 1.75. The molecule has 1 amide bonds. The summed E-state index contributed by atoms with van der Waals surface area (Å²) in [5.74, 6) is -0.548. The van der Waals surface area contributed by atoms with Crippen LogP contribution in [0.25, 0.3) is 0 Å². The van der Waals surface area contributed by atoms with Crippen LogP contribution in [0.3, 0.4) is 0 Å². The minimum absolute atomic E-state index is 0.135. The van der Waals surface area contributed by atoms with Gasteiger partial charge in [0.15, 0.2) is 0 Å². The van der Waals surface area contributed by atoms with E-state index in [1.165, 1.54) is 0 Å². The van der Waals surface area contributed by atoms with Crippen molar-refractivity contribution in [1.29, 1.82) is 0 Å². The first kappa shape index (κ1) is 20.9. The summed E-state index contributed by atoms with van der Waals surface area (Å²) in [6, 6.07) is 23.5. The Hall–Kier alpha value is -2.82. The van der Waals surface area contributed by atoms with Gasteiger partial charge in [0.25, 0.3) is 0 Å². The monoisotopic (exact) mass is 409 g/mol. The summed E-state index contributed by atoms with van der Waals surface area (Å²) in [6.45, 7) is -0.221. The normalized spacial score (nSPS) is 11.8. The maximum Gasteiger partial charge on any atom is 0.236 e. The maximum atomic E-state index is 13.3. The van der Waals surface area contributed by atoms with Crippen molar-refractivity contribution in [3.63, 3.8) is 0 Å². The van der Waals surface area contributed by atoms with Crippen molar-refractivity contribution >= 4 is 28.9 Å². The van der Waals surface area contributed by atoms with Crippen LogP contribution in [-0.4, -0.2) is 22.7 Å². The van der Waals surface area contributed by atoms with Gasteiger partial charge in [-0.1, -0.05) is 41.9 Å². The Bertz CT molecular complexity index is 911. The molecule has 4 nitrogen and oxygen atoms in total. The number of halogens is 1. The average molecular weight is 410 g/mol. The highest BCUT2D eigenvalue weighted by Gasteiger charge is 2.26. The predicted molar refractivity (Wildman–Crippen MR) is 117 cm³/mol. The third kappa shape index (κ3) is 5.59. The number of anilines is 2. The molecular weight excluding hydrogens is 386 g/mol. The van der Waals surface area contributed by atoms with Gasteiger partial charge in [0, 0.05) is 16.4 Å². The van der Waals surface area contributed by atoms with E-state index in [1.807, 2.05) is 54.6 Å². The molecule has 0 radical (unpaired) electrons. The standard InChI is InChI=1S/C24H24ClNO3/c25-20-11-9-18(10-12-20)5-4-6-19(17-27)24(29)26(21-7-2-1-3-8-21)22-13-15-23(28)16-14-22/h1-3,7-16,19,27-28H,4-6,17H2. The smallest absolute Gasteiger partial charge is 0.236 e. The highest BCUT2D eigenvalue weighted by Crippen LogP contribution is 2.29. The number of para-hydroxylation sites is 1. The van der Waals surface area contributed by atoms with E-state index in [4.69, 9.17) is 11.6 Å². The molecule has 1 atom stereocenters. The summed E-state index contributed by atoms with van der Waals surface area (Å²) in [5, 5.41) is 20.2. The molecule has 2 N–H and O–H groups in total. The van der Waals surface area contributed by atoms with Gasteiger partial charge in [-0.25, -0.2) is 0 Å². The number of aliphatic hydroxyl groups excluding tert-OH is 1. The molecule has 0 bridgehead atoms. The molecular formula is C24H24ClNO3. The molecule has 0 fully saturated rings. The number of carbonyl (C=O) groups is 1. The number of aliphatic hydroxyl groups is 1. The molecule has 0 aromatic heterocycles. The fourth-order valence-electron chi connectivity index (χ4n) is 3.26. The van der Waals surface area contributed by atoms with Crippen molar-refractivity contribution in [2.24, 2.45) is 5.92 Å². The highest BCUT2D eigenvalue weighted by molar-refractivity contribution is 6.30. The number of aryl methyl sites for hydroxylation is 1. The van der Waals surface area contributed by atoms with Crippen LogP contribution in [0, 0.1) is 5.92 Å². The van der Waals surface area contributed by atoms with Gasteiger partial charge in [-0.2, -0.15) is 0 Å². The predicted octanol–water partition coefficient (Wildman–Crippen LogP) is 5.34. The molecule has 0 saturated carbocycles. The number of benzene rings is 3. The molecule has 1 unspecified atom stereocenters. The van der Waals surface area contributed by atoms with Crippen LogP contribution >= 0.6 is 11.6 Å². The van der Waals surface area contributed by atoms with Crippen LogP contribution in [0.15, 0.2) is 78.9 Å². The molecule has 3 rings (SSSR count). The first-order valence-corrected chi connectivity index (χ1v) is 9.99. The minimum atomic E-state index is -0.517. The Labute approximate surface area is 176 Å². The second kappa shape index (κ2) is 10.1. The molecule has 0 heterocycles. The zero-order valence-electron chi connectivity index (χ0n) is 16.0. The number of hydrogen-bond acceptors (Lipinski definition) is 3. The Kier molecular flexibility index (Phi) is 7.28. The lowest BCUT2D eigenvalue weighted by molar-refractivity contribution is -0.123. The quantitative estimate of drug-likeness (QED) is 0.527. The zero-order chi connectivity index (χ0) is 20.6. The van der Waals surface area contributed by atoms with Crippen molar-refractivity contribution in [2.75, 3.05) is 11.5 Å². The van der Waals surface area contributed by atoms with Gasteiger partial charge in [-0.05, 0) is 73.4 Å². The van der Waals surface area contributed by atoms with Crippen LogP contribution in [0.4, 0.5) is 11.4 Å². The summed E-state index contributed by atoms with van der Waals surface area (Å²) in [7, 11) is 0. The van der Waals surface area contributed by atoms with Crippen molar-refractivity contribution in [3.05, 3.63) is 89.4 Å². The topological polar surface area (TPSA) is 60.8 Å². The fraction of sp³-hybridized carbons (Fsp3) is 0.208. The molecule has 29 heavy (non-hydrogen) atoms. The Morgan fingerprint density at radius 3 is 2.14 bits per heavy atom. The first-order valence-electron chi connectivity index (χ1n) is 9.62. The van der Waals surface area contributed by atoms with E-state index in [9.17, 15) is 15.0 Å². The Morgan fingerprint density at radius 1 is 0.897 bits per heavy atom. The number of nitrogens with zero attached hydrogens (tertiary/aromatic N) is 1.